The number of ether oxygens (including phenoxy) is 1. The fourth-order valence-electron chi connectivity index (χ4n) is 1.79. The fourth-order valence-corrected chi connectivity index (χ4v) is 2.39. The first-order valence-electron chi connectivity index (χ1n) is 6.10. The van der Waals surface area contributed by atoms with Gasteiger partial charge in [0.25, 0.3) is 5.91 Å². The van der Waals surface area contributed by atoms with Crippen LogP contribution in [-0.4, -0.2) is 27.1 Å². The molecule has 1 aromatic carbocycles. The van der Waals surface area contributed by atoms with Crippen molar-refractivity contribution in [2.75, 3.05) is 11.9 Å². The van der Waals surface area contributed by atoms with E-state index in [1.165, 1.54) is 11.3 Å². The third kappa shape index (κ3) is 2.35. The van der Waals surface area contributed by atoms with Crippen LogP contribution in [0, 0.1) is 0 Å². The summed E-state index contributed by atoms with van der Waals surface area (Å²) in [6, 6.07) is 7.30. The number of para-hydroxylation sites is 2. The molecule has 0 bridgehead atoms. The Labute approximate surface area is 119 Å². The van der Waals surface area contributed by atoms with E-state index < -0.39 is 0 Å². The van der Waals surface area contributed by atoms with E-state index in [1.54, 1.807) is 22.3 Å². The monoisotopic (exact) mass is 288 g/mol. The van der Waals surface area contributed by atoms with Gasteiger partial charge in [-0.2, -0.15) is 5.10 Å². The van der Waals surface area contributed by atoms with Crippen LogP contribution in [0.15, 0.2) is 36.0 Å². The Hall–Kier alpha value is -2.41. The van der Waals surface area contributed by atoms with Crippen LogP contribution in [0.3, 0.4) is 0 Å². The lowest BCUT2D eigenvalue weighted by molar-refractivity contribution is 0.102. The first kappa shape index (κ1) is 12.6. The van der Waals surface area contributed by atoms with Crippen molar-refractivity contribution < 1.29 is 9.53 Å². The molecule has 0 atom stereocenters. The molecule has 0 unspecified atom stereocenters. The minimum atomic E-state index is -0.283. The average Bonchev–Trinajstić information content (AvgIpc) is 3.02. The number of carbonyl (C=O) groups excluding carboxylic acids is 1. The molecule has 102 valence electrons. The highest BCUT2D eigenvalue weighted by molar-refractivity contribution is 7.14. The minimum absolute atomic E-state index is 0.283. The lowest BCUT2D eigenvalue weighted by Gasteiger charge is -2.10. The highest BCUT2D eigenvalue weighted by Gasteiger charge is 2.14. The molecule has 2 aromatic heterocycles. The molecule has 0 fully saturated rings. The number of rotatable bonds is 4. The third-order valence-electron chi connectivity index (χ3n) is 2.65. The first-order chi connectivity index (χ1) is 9.78. The number of aromatic nitrogens is 3. The van der Waals surface area contributed by atoms with Gasteiger partial charge in [-0.25, -0.2) is 9.50 Å². The molecule has 0 aliphatic heterocycles. The quantitative estimate of drug-likeness (QED) is 0.800. The summed E-state index contributed by atoms with van der Waals surface area (Å²) in [6.07, 6.45) is 1.60. The summed E-state index contributed by atoms with van der Waals surface area (Å²) in [7, 11) is 0. The topological polar surface area (TPSA) is 68.5 Å². The molecule has 0 saturated carbocycles. The van der Waals surface area contributed by atoms with Gasteiger partial charge >= 0.3 is 0 Å². The normalized spacial score (nSPS) is 10.7. The highest BCUT2D eigenvalue weighted by atomic mass is 32.1. The number of hydrogen-bond donors (Lipinski definition) is 1. The molecular weight excluding hydrogens is 276 g/mol. The van der Waals surface area contributed by atoms with Gasteiger partial charge in [0.1, 0.15) is 17.0 Å². The van der Waals surface area contributed by atoms with E-state index in [0.29, 0.717) is 28.7 Å². The average molecular weight is 288 g/mol. The maximum atomic E-state index is 12.2. The van der Waals surface area contributed by atoms with Gasteiger partial charge in [0, 0.05) is 0 Å². The predicted octanol–water partition coefficient (Wildman–Crippen LogP) is 2.44. The molecule has 0 saturated heterocycles. The third-order valence-corrected chi connectivity index (χ3v) is 3.34. The van der Waals surface area contributed by atoms with E-state index in [0.717, 1.165) is 0 Å². The Morgan fingerprint density at radius 2 is 2.30 bits per heavy atom. The van der Waals surface area contributed by atoms with Gasteiger partial charge in [-0.15, -0.1) is 0 Å². The first-order valence-corrected chi connectivity index (χ1v) is 6.98. The van der Waals surface area contributed by atoms with Crippen LogP contribution in [0.5, 0.6) is 5.75 Å². The van der Waals surface area contributed by atoms with Crippen LogP contribution < -0.4 is 10.1 Å². The van der Waals surface area contributed by atoms with Crippen LogP contribution in [0.4, 0.5) is 5.69 Å². The van der Waals surface area contributed by atoms with Crippen molar-refractivity contribution in [3.63, 3.8) is 0 Å². The van der Waals surface area contributed by atoms with Gasteiger partial charge in [0.2, 0.25) is 4.96 Å². The van der Waals surface area contributed by atoms with E-state index >= 15 is 0 Å². The summed E-state index contributed by atoms with van der Waals surface area (Å²) in [5.74, 6) is 0.359. The SMILES string of the molecule is CCOc1ccccc1NC(=O)c1cn2ncsc2n1. The number of fused-ring (bicyclic) bond motifs is 1. The zero-order valence-electron chi connectivity index (χ0n) is 10.7. The molecule has 6 nitrogen and oxygen atoms in total. The number of nitrogens with zero attached hydrogens (tertiary/aromatic N) is 3. The molecular formula is C13H12N4O2S. The summed E-state index contributed by atoms with van der Waals surface area (Å²) in [5.41, 5.74) is 2.63. The van der Waals surface area contributed by atoms with Gasteiger partial charge < -0.3 is 10.1 Å². The second-order valence-corrected chi connectivity index (χ2v) is 4.79. The summed E-state index contributed by atoms with van der Waals surface area (Å²) in [5, 5.41) is 6.84. The number of benzene rings is 1. The van der Waals surface area contributed by atoms with Crippen molar-refractivity contribution in [1.82, 2.24) is 14.6 Å². The van der Waals surface area contributed by atoms with Crippen LogP contribution >= 0.6 is 11.3 Å². The summed E-state index contributed by atoms with van der Waals surface area (Å²) >= 11 is 1.38. The lowest BCUT2D eigenvalue weighted by atomic mass is 10.3. The van der Waals surface area contributed by atoms with Crippen molar-refractivity contribution in [2.24, 2.45) is 0 Å². The maximum Gasteiger partial charge on any atom is 0.276 e. The smallest absolute Gasteiger partial charge is 0.276 e. The second kappa shape index (κ2) is 5.30. The zero-order valence-corrected chi connectivity index (χ0v) is 11.6. The van der Waals surface area contributed by atoms with Gasteiger partial charge in [0.05, 0.1) is 18.5 Å². The largest absolute Gasteiger partial charge is 0.492 e. The summed E-state index contributed by atoms with van der Waals surface area (Å²) < 4.78 is 7.04. The number of imidazole rings is 1. The van der Waals surface area contributed by atoms with Crippen molar-refractivity contribution in [3.05, 3.63) is 41.7 Å². The van der Waals surface area contributed by atoms with E-state index in [4.69, 9.17) is 4.74 Å². The van der Waals surface area contributed by atoms with Crippen molar-refractivity contribution in [3.8, 4) is 5.75 Å². The molecule has 3 rings (SSSR count). The van der Waals surface area contributed by atoms with Crippen LogP contribution in [0.2, 0.25) is 0 Å². The van der Waals surface area contributed by atoms with Gasteiger partial charge in [0.15, 0.2) is 0 Å². The number of anilines is 1. The Bertz CT molecular complexity index is 721. The minimum Gasteiger partial charge on any atom is -0.492 e. The summed E-state index contributed by atoms with van der Waals surface area (Å²) in [6.45, 7) is 2.44. The van der Waals surface area contributed by atoms with Gasteiger partial charge in [-0.05, 0) is 19.1 Å². The standard InChI is InChI=1S/C13H12N4O2S/c1-2-19-11-6-4-3-5-9(11)15-12(18)10-7-17-13(16-10)20-8-14-17/h3-8H,2H2,1H3,(H,15,18). The van der Waals surface area contributed by atoms with Crippen LogP contribution in [0.1, 0.15) is 17.4 Å². The Morgan fingerprint density at radius 1 is 1.45 bits per heavy atom. The van der Waals surface area contributed by atoms with Crippen LogP contribution in [0.25, 0.3) is 4.96 Å². The molecule has 7 heteroatoms. The molecule has 1 N–H and O–H groups in total. The second-order valence-electron chi connectivity index (χ2n) is 3.98. The highest BCUT2D eigenvalue weighted by Crippen LogP contribution is 2.24. The maximum absolute atomic E-state index is 12.2. The van der Waals surface area contributed by atoms with E-state index in [9.17, 15) is 4.79 Å². The molecule has 0 radical (unpaired) electrons. The molecule has 0 spiro atoms. The number of hydrogen-bond acceptors (Lipinski definition) is 5. The van der Waals surface area contributed by atoms with E-state index in [2.05, 4.69) is 15.4 Å². The Kier molecular flexibility index (Phi) is 3.34. The molecule has 0 aliphatic carbocycles. The van der Waals surface area contributed by atoms with Crippen molar-refractivity contribution >= 4 is 27.9 Å². The Balaban J connectivity index is 1.83. The number of amides is 1. The molecule has 2 heterocycles. The molecule has 3 aromatic rings. The number of nitrogens with one attached hydrogen (secondary N) is 1. The lowest BCUT2D eigenvalue weighted by Crippen LogP contribution is -2.13. The fraction of sp³-hybridized carbons (Fsp3) is 0.154. The van der Waals surface area contributed by atoms with E-state index in [1.807, 2.05) is 25.1 Å². The zero-order chi connectivity index (χ0) is 13.9. The molecule has 1 amide bonds. The van der Waals surface area contributed by atoms with Crippen LogP contribution in [-0.2, 0) is 0 Å². The summed E-state index contributed by atoms with van der Waals surface area (Å²) in [4.78, 5) is 17.1. The van der Waals surface area contributed by atoms with Crippen molar-refractivity contribution in [2.45, 2.75) is 6.92 Å². The Morgan fingerprint density at radius 3 is 3.10 bits per heavy atom. The van der Waals surface area contributed by atoms with E-state index in [-0.39, 0.29) is 5.91 Å². The molecule has 20 heavy (non-hydrogen) atoms. The van der Waals surface area contributed by atoms with Gasteiger partial charge in [-0.1, -0.05) is 23.5 Å². The number of carbonyl (C=O) groups is 1. The van der Waals surface area contributed by atoms with Gasteiger partial charge in [-0.3, -0.25) is 4.79 Å². The van der Waals surface area contributed by atoms with Crippen molar-refractivity contribution in [1.29, 1.82) is 0 Å². The molecule has 0 aliphatic rings. The predicted molar refractivity (Wildman–Crippen MR) is 76.4 cm³/mol.